The number of furan rings is 1. The van der Waals surface area contributed by atoms with Crippen LogP contribution in [0, 0.1) is 0 Å². The first-order chi connectivity index (χ1) is 27.3. The zero-order chi connectivity index (χ0) is 36.3. The van der Waals surface area contributed by atoms with E-state index in [-0.39, 0.29) is 0 Å². The van der Waals surface area contributed by atoms with E-state index in [1.807, 2.05) is 0 Å². The number of hydrogen-bond acceptors (Lipinski definition) is 2. The fraction of sp³-hybridized carbons (Fsp3) is 0.0566. The van der Waals surface area contributed by atoms with Gasteiger partial charge in [0.1, 0.15) is 11.2 Å². The van der Waals surface area contributed by atoms with Crippen molar-refractivity contribution in [3.05, 3.63) is 221 Å². The van der Waals surface area contributed by atoms with E-state index < -0.39 is 5.41 Å². The molecule has 2 heteroatoms. The maximum Gasteiger partial charge on any atom is 0.143 e. The molecular weight excluding hydrogens is 667 g/mol. The van der Waals surface area contributed by atoms with E-state index in [0.717, 1.165) is 51.8 Å². The fourth-order valence-electron chi connectivity index (χ4n) is 9.36. The summed E-state index contributed by atoms with van der Waals surface area (Å²) in [6.07, 6.45) is 6.53. The Bertz CT molecular complexity index is 3030. The number of hydrogen-bond donors (Lipinski definition) is 0. The van der Waals surface area contributed by atoms with E-state index in [9.17, 15) is 0 Å². The highest BCUT2D eigenvalue weighted by atomic mass is 16.3. The molecule has 55 heavy (non-hydrogen) atoms. The van der Waals surface area contributed by atoms with Gasteiger partial charge in [0, 0.05) is 33.4 Å². The predicted molar refractivity (Wildman–Crippen MR) is 229 cm³/mol. The van der Waals surface area contributed by atoms with Gasteiger partial charge in [0.25, 0.3) is 0 Å². The molecule has 2 aliphatic rings. The van der Waals surface area contributed by atoms with Crippen LogP contribution in [0.15, 0.2) is 192 Å². The Kier molecular flexibility index (Phi) is 7.25. The monoisotopic (exact) mass is 703 g/mol. The highest BCUT2D eigenvalue weighted by Gasteiger charge is 2.47. The Morgan fingerprint density at radius 1 is 0.455 bits per heavy atom. The fourth-order valence-corrected chi connectivity index (χ4v) is 9.36. The van der Waals surface area contributed by atoms with Gasteiger partial charge in [-0.1, -0.05) is 158 Å². The summed E-state index contributed by atoms with van der Waals surface area (Å²) in [5, 5.41) is 4.86. The van der Waals surface area contributed by atoms with Crippen LogP contribution in [-0.4, -0.2) is 0 Å². The number of rotatable bonds is 4. The summed E-state index contributed by atoms with van der Waals surface area (Å²) >= 11 is 0. The number of benzene rings is 8. The summed E-state index contributed by atoms with van der Waals surface area (Å²) in [6.45, 7) is 0. The minimum absolute atomic E-state index is 0.463. The average molecular weight is 704 g/mol. The molecule has 11 rings (SSSR count). The van der Waals surface area contributed by atoms with Gasteiger partial charge in [-0.05, 0) is 105 Å². The third-order valence-electron chi connectivity index (χ3n) is 11.9. The van der Waals surface area contributed by atoms with E-state index >= 15 is 0 Å². The Labute approximate surface area is 320 Å². The first kappa shape index (κ1) is 31.6. The van der Waals surface area contributed by atoms with Crippen molar-refractivity contribution in [3.63, 3.8) is 0 Å². The first-order valence-corrected chi connectivity index (χ1v) is 19.2. The highest BCUT2D eigenvalue weighted by molar-refractivity contribution is 6.12. The normalized spacial score (nSPS) is 16.7. The molecule has 0 bridgehead atoms. The van der Waals surface area contributed by atoms with Crippen LogP contribution in [0.1, 0.15) is 28.7 Å². The van der Waals surface area contributed by atoms with Crippen LogP contribution < -0.4 is 15.3 Å². The van der Waals surface area contributed by atoms with Crippen molar-refractivity contribution in [2.24, 2.45) is 0 Å². The van der Waals surface area contributed by atoms with Crippen LogP contribution in [0.4, 0.5) is 17.1 Å². The molecule has 1 atom stereocenters. The molecule has 2 nitrogen and oxygen atoms in total. The van der Waals surface area contributed by atoms with Crippen molar-refractivity contribution in [2.45, 2.75) is 18.3 Å². The van der Waals surface area contributed by atoms with Crippen molar-refractivity contribution in [3.8, 4) is 22.3 Å². The minimum atomic E-state index is -0.463. The quantitative estimate of drug-likeness (QED) is 0.181. The number of anilines is 3. The first-order valence-electron chi connectivity index (χ1n) is 19.2. The van der Waals surface area contributed by atoms with E-state index in [0.29, 0.717) is 0 Å². The van der Waals surface area contributed by atoms with Gasteiger partial charge >= 0.3 is 0 Å². The topological polar surface area (TPSA) is 16.4 Å². The van der Waals surface area contributed by atoms with Crippen LogP contribution >= 0.6 is 0 Å². The maximum absolute atomic E-state index is 6.85. The molecule has 1 heterocycles. The lowest BCUT2D eigenvalue weighted by Gasteiger charge is -2.35. The molecule has 0 aliphatic heterocycles. The van der Waals surface area contributed by atoms with Crippen molar-refractivity contribution in [2.75, 3.05) is 4.90 Å². The van der Waals surface area contributed by atoms with E-state index in [4.69, 9.17) is 4.42 Å². The Morgan fingerprint density at radius 3 is 1.95 bits per heavy atom. The second kappa shape index (κ2) is 12.6. The van der Waals surface area contributed by atoms with Gasteiger partial charge < -0.3 is 9.32 Å². The lowest BCUT2D eigenvalue weighted by atomic mass is 9.68. The molecule has 0 saturated heterocycles. The van der Waals surface area contributed by atoms with Gasteiger partial charge in [-0.15, -0.1) is 0 Å². The zero-order valence-electron chi connectivity index (χ0n) is 30.3. The van der Waals surface area contributed by atoms with Gasteiger partial charge in [0.05, 0.1) is 5.41 Å². The van der Waals surface area contributed by atoms with Crippen molar-refractivity contribution >= 4 is 51.2 Å². The molecule has 0 saturated carbocycles. The molecule has 9 aromatic rings. The van der Waals surface area contributed by atoms with Gasteiger partial charge in [-0.25, -0.2) is 0 Å². The van der Waals surface area contributed by atoms with Crippen molar-refractivity contribution in [1.29, 1.82) is 0 Å². The summed E-state index contributed by atoms with van der Waals surface area (Å²) in [6, 6.07) is 68.5. The molecule has 2 aliphatic carbocycles. The average Bonchev–Trinajstić information content (AvgIpc) is 3.79. The van der Waals surface area contributed by atoms with Crippen LogP contribution in [-0.2, 0) is 11.8 Å². The lowest BCUT2D eigenvalue weighted by molar-refractivity contribution is 0.650. The molecule has 0 N–H and O–H groups in total. The van der Waals surface area contributed by atoms with Crippen LogP contribution in [0.25, 0.3) is 56.3 Å². The molecule has 1 aromatic heterocycles. The van der Waals surface area contributed by atoms with Gasteiger partial charge in [0.2, 0.25) is 0 Å². The summed E-state index contributed by atoms with van der Waals surface area (Å²) < 4.78 is 6.85. The molecule has 0 amide bonds. The molecule has 260 valence electrons. The molecule has 1 unspecified atom stereocenters. The summed E-state index contributed by atoms with van der Waals surface area (Å²) in [7, 11) is 0. The molecule has 0 radical (unpaired) electrons. The smallest absolute Gasteiger partial charge is 0.143 e. The third-order valence-corrected chi connectivity index (χ3v) is 11.9. The Hall–Kier alpha value is -6.90. The predicted octanol–water partition coefficient (Wildman–Crippen LogP) is 12.2. The second-order valence-corrected chi connectivity index (χ2v) is 14.8. The van der Waals surface area contributed by atoms with Crippen LogP contribution in [0.5, 0.6) is 0 Å². The van der Waals surface area contributed by atoms with E-state index in [2.05, 4.69) is 205 Å². The zero-order valence-corrected chi connectivity index (χ0v) is 30.3. The summed E-state index contributed by atoms with van der Waals surface area (Å²) in [5.74, 6) is 0. The second-order valence-electron chi connectivity index (χ2n) is 14.8. The van der Waals surface area contributed by atoms with E-state index in [1.165, 1.54) is 54.9 Å². The highest BCUT2D eigenvalue weighted by Crippen LogP contribution is 2.59. The standard InChI is InChI=1S/C53H37NO/c1-3-13-36(14-4-1)39-25-27-42(28-26-39)54(41-18-5-2-6-19-41)43-29-30-46-49(35-43)53(48-32-31-45-44-20-10-12-22-50(44)55-52(45)51(46)48)34-33-38-16-8-7-15-37(38)23-24-40-17-9-11-21-47(40)53/h1-23,25-33,35H,24,34H2/b37-23-,38-33-. The maximum atomic E-state index is 6.85. The summed E-state index contributed by atoms with van der Waals surface area (Å²) in [4.78, 5) is 2.40. The third kappa shape index (κ3) is 4.95. The molecule has 8 aromatic carbocycles. The lowest BCUT2D eigenvalue weighted by Crippen LogP contribution is -2.29. The SMILES string of the molecule is C1=c2/cccc/c2=C/CC2(c3ccccc3C/1)c1cc(N(c3ccccc3)c3ccc(-c4ccccc4)cc3)ccc1-c1c2ccc2c1oc1ccccc12. The van der Waals surface area contributed by atoms with Crippen molar-refractivity contribution in [1.82, 2.24) is 0 Å². The van der Waals surface area contributed by atoms with E-state index in [1.54, 1.807) is 0 Å². The molecular formula is C53H37NO. The number of nitrogens with zero attached hydrogens (tertiary/aromatic N) is 1. The number of para-hydroxylation sites is 2. The molecule has 0 fully saturated rings. The van der Waals surface area contributed by atoms with Gasteiger partial charge in [0.15, 0.2) is 0 Å². The number of fused-ring (bicyclic) bond motifs is 12. The Morgan fingerprint density at radius 2 is 1.11 bits per heavy atom. The van der Waals surface area contributed by atoms with Gasteiger partial charge in [-0.2, -0.15) is 0 Å². The van der Waals surface area contributed by atoms with Crippen LogP contribution in [0.3, 0.4) is 0 Å². The largest absolute Gasteiger partial charge is 0.455 e. The molecule has 1 spiro atoms. The van der Waals surface area contributed by atoms with Crippen molar-refractivity contribution < 1.29 is 4.42 Å². The minimum Gasteiger partial charge on any atom is -0.455 e. The van der Waals surface area contributed by atoms with Crippen LogP contribution in [0.2, 0.25) is 0 Å². The Balaban J connectivity index is 1.20. The van der Waals surface area contributed by atoms with Gasteiger partial charge in [-0.3, -0.25) is 0 Å². The summed E-state index contributed by atoms with van der Waals surface area (Å²) in [5.41, 5.74) is 14.9.